The van der Waals surface area contributed by atoms with Crippen molar-refractivity contribution in [2.24, 2.45) is 5.41 Å². The van der Waals surface area contributed by atoms with Gasteiger partial charge in [0.1, 0.15) is 41.1 Å². The van der Waals surface area contributed by atoms with E-state index in [1.54, 1.807) is 52.8 Å². The summed E-state index contributed by atoms with van der Waals surface area (Å²) in [6, 6.07) is 7.71. The minimum Gasteiger partial charge on any atom is -0.504 e. The van der Waals surface area contributed by atoms with Gasteiger partial charge in [-0.3, -0.25) is 9.59 Å². The molecule has 0 saturated heterocycles. The molecular formula is C30H34O9. The van der Waals surface area contributed by atoms with E-state index in [9.17, 15) is 14.7 Å². The lowest BCUT2D eigenvalue weighted by molar-refractivity contribution is -0.142. The van der Waals surface area contributed by atoms with E-state index in [1.165, 1.54) is 25.5 Å². The standard InChI is InChI=1S/C30H34O9/c1-8-9-20-19(10-11-22(34-7)27(20)32)23-14-21(31)26-24(37-23)12-17(13-25(26)38-28(33)29(2,3)4)35-15-18-16-36-30(5,6)39-18/h10-14,16,32H,8-9,15H2,1-7H3. The third-order valence-corrected chi connectivity index (χ3v) is 6.05. The van der Waals surface area contributed by atoms with Gasteiger partial charge in [0.15, 0.2) is 22.7 Å². The summed E-state index contributed by atoms with van der Waals surface area (Å²) in [5.41, 5.74) is 0.0769. The molecule has 0 bridgehead atoms. The first-order chi connectivity index (χ1) is 18.3. The number of carbonyl (C=O) groups is 1. The van der Waals surface area contributed by atoms with E-state index in [2.05, 4.69) is 0 Å². The molecule has 1 aliphatic heterocycles. The van der Waals surface area contributed by atoms with Gasteiger partial charge in [-0.15, -0.1) is 0 Å². The summed E-state index contributed by atoms with van der Waals surface area (Å²) in [4.78, 5) is 26.2. The van der Waals surface area contributed by atoms with Gasteiger partial charge in [0.2, 0.25) is 5.79 Å². The van der Waals surface area contributed by atoms with Crippen molar-refractivity contribution in [3.63, 3.8) is 0 Å². The number of methoxy groups -OCH3 is 1. The molecule has 1 aromatic heterocycles. The van der Waals surface area contributed by atoms with Crippen molar-refractivity contribution in [3.05, 3.63) is 58.1 Å². The zero-order valence-corrected chi connectivity index (χ0v) is 23.3. The van der Waals surface area contributed by atoms with E-state index in [4.69, 9.17) is 28.1 Å². The van der Waals surface area contributed by atoms with Gasteiger partial charge < -0.3 is 33.2 Å². The van der Waals surface area contributed by atoms with E-state index < -0.39 is 22.6 Å². The Hall–Kier alpha value is -4.14. The fourth-order valence-electron chi connectivity index (χ4n) is 4.08. The Bertz CT molecular complexity index is 1490. The second-order valence-corrected chi connectivity index (χ2v) is 10.8. The first kappa shape index (κ1) is 27.9. The molecule has 2 heterocycles. The smallest absolute Gasteiger partial charge is 0.316 e. The van der Waals surface area contributed by atoms with Crippen LogP contribution in [0, 0.1) is 5.41 Å². The second kappa shape index (κ2) is 10.6. The summed E-state index contributed by atoms with van der Waals surface area (Å²) in [5, 5.41) is 10.9. The number of ether oxygens (including phenoxy) is 5. The molecule has 208 valence electrons. The van der Waals surface area contributed by atoms with Crippen LogP contribution in [0.2, 0.25) is 0 Å². The first-order valence-electron chi connectivity index (χ1n) is 12.7. The number of hydrogen-bond donors (Lipinski definition) is 1. The molecular weight excluding hydrogens is 504 g/mol. The SMILES string of the molecule is CCCc1c(-c2cc(=O)c3c(OC(=O)C(C)(C)C)cc(OCC4=COC(C)(C)O4)cc3o2)ccc(OC)c1O. The van der Waals surface area contributed by atoms with E-state index in [0.29, 0.717) is 34.8 Å². The highest BCUT2D eigenvalue weighted by atomic mass is 16.7. The molecule has 0 unspecified atom stereocenters. The topological polar surface area (TPSA) is 114 Å². The monoisotopic (exact) mass is 538 g/mol. The van der Waals surface area contributed by atoms with Crippen LogP contribution in [-0.2, 0) is 20.7 Å². The Morgan fingerprint density at radius 3 is 2.46 bits per heavy atom. The lowest BCUT2D eigenvalue weighted by atomic mass is 9.97. The zero-order valence-electron chi connectivity index (χ0n) is 23.3. The molecule has 0 amide bonds. The van der Waals surface area contributed by atoms with Gasteiger partial charge in [-0.25, -0.2) is 0 Å². The third kappa shape index (κ3) is 5.97. The highest BCUT2D eigenvalue weighted by molar-refractivity contribution is 5.90. The molecule has 3 aromatic rings. The minimum atomic E-state index is -0.815. The largest absolute Gasteiger partial charge is 0.504 e. The molecule has 0 aliphatic carbocycles. The molecule has 1 N–H and O–H groups in total. The molecule has 0 spiro atoms. The summed E-state index contributed by atoms with van der Waals surface area (Å²) in [6.45, 7) is 10.7. The molecule has 4 rings (SSSR count). The number of carbonyl (C=O) groups excluding carboxylic acids is 1. The van der Waals surface area contributed by atoms with Crippen LogP contribution >= 0.6 is 0 Å². The number of phenolic OH excluding ortho intramolecular Hbond substituents is 1. The first-order valence-corrected chi connectivity index (χ1v) is 12.7. The van der Waals surface area contributed by atoms with Gasteiger partial charge in [-0.05, 0) is 39.3 Å². The van der Waals surface area contributed by atoms with Crippen LogP contribution in [0.4, 0.5) is 0 Å². The Morgan fingerprint density at radius 2 is 1.85 bits per heavy atom. The third-order valence-electron chi connectivity index (χ3n) is 6.05. The van der Waals surface area contributed by atoms with Gasteiger partial charge >= 0.3 is 5.97 Å². The number of hydrogen-bond acceptors (Lipinski definition) is 9. The Kier molecular flexibility index (Phi) is 7.54. The highest BCUT2D eigenvalue weighted by Gasteiger charge is 2.29. The predicted octanol–water partition coefficient (Wildman–Crippen LogP) is 6.08. The second-order valence-electron chi connectivity index (χ2n) is 10.8. The van der Waals surface area contributed by atoms with Crippen LogP contribution in [0.25, 0.3) is 22.3 Å². The number of benzene rings is 2. The summed E-state index contributed by atoms with van der Waals surface area (Å²) < 4.78 is 34.2. The molecule has 0 radical (unpaired) electrons. The van der Waals surface area contributed by atoms with Crippen molar-refractivity contribution >= 4 is 16.9 Å². The zero-order chi connectivity index (χ0) is 28.5. The van der Waals surface area contributed by atoms with Gasteiger partial charge in [-0.1, -0.05) is 13.3 Å². The van der Waals surface area contributed by atoms with Gasteiger partial charge in [0, 0.05) is 43.2 Å². The van der Waals surface area contributed by atoms with Crippen LogP contribution in [0.1, 0.15) is 53.5 Å². The number of fused-ring (bicyclic) bond motifs is 1. The van der Waals surface area contributed by atoms with Crippen molar-refractivity contribution in [1.29, 1.82) is 0 Å². The molecule has 0 saturated carbocycles. The quantitative estimate of drug-likeness (QED) is 0.269. The summed E-state index contributed by atoms with van der Waals surface area (Å²) in [5.74, 6) is 0.0351. The van der Waals surface area contributed by atoms with Crippen molar-refractivity contribution < 1.29 is 38.0 Å². The molecule has 1 aliphatic rings. The van der Waals surface area contributed by atoms with Crippen LogP contribution in [0.3, 0.4) is 0 Å². The Labute approximate surface area is 226 Å². The van der Waals surface area contributed by atoms with Gasteiger partial charge in [-0.2, -0.15) is 0 Å². The van der Waals surface area contributed by atoms with E-state index in [0.717, 1.165) is 6.42 Å². The highest BCUT2D eigenvalue weighted by Crippen LogP contribution is 2.40. The Morgan fingerprint density at radius 1 is 1.10 bits per heavy atom. The number of esters is 1. The maximum Gasteiger partial charge on any atom is 0.316 e. The van der Waals surface area contributed by atoms with Crippen LogP contribution in [0.5, 0.6) is 23.0 Å². The van der Waals surface area contributed by atoms with Crippen LogP contribution in [-0.4, -0.2) is 30.6 Å². The van der Waals surface area contributed by atoms with E-state index in [1.807, 2.05) is 6.92 Å². The predicted molar refractivity (Wildman–Crippen MR) is 145 cm³/mol. The lowest BCUT2D eigenvalue weighted by Crippen LogP contribution is -2.26. The normalized spacial score (nSPS) is 14.4. The van der Waals surface area contributed by atoms with Crippen molar-refractivity contribution in [1.82, 2.24) is 0 Å². The van der Waals surface area contributed by atoms with Crippen LogP contribution in [0.15, 0.2) is 51.6 Å². The molecule has 39 heavy (non-hydrogen) atoms. The maximum atomic E-state index is 13.4. The van der Waals surface area contributed by atoms with E-state index in [-0.39, 0.29) is 34.8 Å². The molecule has 2 aromatic carbocycles. The minimum absolute atomic E-state index is 0.00791. The van der Waals surface area contributed by atoms with Crippen LogP contribution < -0.4 is 19.6 Å². The molecule has 0 atom stereocenters. The van der Waals surface area contributed by atoms with Crippen molar-refractivity contribution in [3.8, 4) is 34.3 Å². The summed E-state index contributed by atoms with van der Waals surface area (Å²) >= 11 is 0. The van der Waals surface area contributed by atoms with Crippen molar-refractivity contribution in [2.45, 2.75) is 60.2 Å². The molecule has 9 nitrogen and oxygen atoms in total. The fraction of sp³-hybridized carbons (Fsp3) is 0.400. The number of rotatable bonds is 8. The average molecular weight is 539 g/mol. The van der Waals surface area contributed by atoms with E-state index >= 15 is 0 Å². The lowest BCUT2D eigenvalue weighted by Gasteiger charge is -2.19. The van der Waals surface area contributed by atoms with Crippen molar-refractivity contribution in [2.75, 3.05) is 13.7 Å². The number of aromatic hydroxyl groups is 1. The fourth-order valence-corrected chi connectivity index (χ4v) is 4.08. The summed E-state index contributed by atoms with van der Waals surface area (Å²) in [7, 11) is 1.47. The van der Waals surface area contributed by atoms with Gasteiger partial charge in [0.05, 0.1) is 12.5 Å². The summed E-state index contributed by atoms with van der Waals surface area (Å²) in [6.07, 6.45) is 2.76. The maximum absolute atomic E-state index is 13.4. The molecule has 0 fully saturated rings. The Balaban J connectivity index is 1.83. The average Bonchev–Trinajstić information content (AvgIpc) is 3.21. The number of phenols is 1. The molecule has 9 heteroatoms. The van der Waals surface area contributed by atoms with Gasteiger partial charge in [0.25, 0.3) is 0 Å².